The van der Waals surface area contributed by atoms with Crippen molar-refractivity contribution < 1.29 is 4.21 Å². The van der Waals surface area contributed by atoms with Crippen molar-refractivity contribution in [3.8, 4) is 0 Å². The van der Waals surface area contributed by atoms with Crippen LogP contribution in [0.1, 0.15) is 5.56 Å². The zero-order valence-corrected chi connectivity index (χ0v) is 13.4. The van der Waals surface area contributed by atoms with Gasteiger partial charge in [-0.1, -0.05) is 18.2 Å². The Morgan fingerprint density at radius 2 is 1.78 bits per heavy atom. The Kier molecular flexibility index (Phi) is 4.59. The van der Waals surface area contributed by atoms with Crippen LogP contribution in [0, 0.1) is 0 Å². The second kappa shape index (κ2) is 5.99. The van der Waals surface area contributed by atoms with E-state index in [9.17, 15) is 4.21 Å². The largest absolute Gasteiger partial charge is 0.398 e. The van der Waals surface area contributed by atoms with Gasteiger partial charge in [0.2, 0.25) is 0 Å². The smallest absolute Gasteiger partial charge is 0.0585 e. The normalized spacial score (nSPS) is 12.3. The van der Waals surface area contributed by atoms with Crippen LogP contribution < -0.4 is 5.73 Å². The molecule has 18 heavy (non-hydrogen) atoms. The summed E-state index contributed by atoms with van der Waals surface area (Å²) in [7, 11) is -1.08. The van der Waals surface area contributed by atoms with Gasteiger partial charge >= 0.3 is 0 Å². The van der Waals surface area contributed by atoms with E-state index >= 15 is 0 Å². The lowest BCUT2D eigenvalue weighted by Crippen LogP contribution is -1.98. The van der Waals surface area contributed by atoms with Crippen LogP contribution in [0.2, 0.25) is 0 Å². The van der Waals surface area contributed by atoms with Crippen molar-refractivity contribution in [1.29, 1.82) is 0 Å². The Bertz CT molecular complexity index is 601. The average molecular weight is 389 g/mol. The molecule has 1 atom stereocenters. The van der Waals surface area contributed by atoms with Gasteiger partial charge in [-0.25, -0.2) is 0 Å². The molecule has 0 saturated carbocycles. The lowest BCUT2D eigenvalue weighted by Gasteiger charge is -2.06. The second-order valence-corrected chi connectivity index (χ2v) is 6.90. The summed E-state index contributed by atoms with van der Waals surface area (Å²) >= 11 is 6.75. The third-order valence-corrected chi connectivity index (χ3v) is 5.56. The van der Waals surface area contributed by atoms with Gasteiger partial charge in [0, 0.05) is 14.6 Å². The van der Waals surface area contributed by atoms with Crippen LogP contribution in [-0.2, 0) is 16.6 Å². The van der Waals surface area contributed by atoms with Crippen LogP contribution in [0.25, 0.3) is 0 Å². The van der Waals surface area contributed by atoms with Gasteiger partial charge in [-0.2, -0.15) is 0 Å². The summed E-state index contributed by atoms with van der Waals surface area (Å²) in [5.41, 5.74) is 7.44. The van der Waals surface area contributed by atoms with Crippen molar-refractivity contribution >= 4 is 48.3 Å². The molecule has 0 aliphatic carbocycles. The van der Waals surface area contributed by atoms with Gasteiger partial charge in [0.15, 0.2) is 0 Å². The van der Waals surface area contributed by atoms with Crippen molar-refractivity contribution in [2.24, 2.45) is 0 Å². The molecule has 2 rings (SSSR count). The molecule has 0 radical (unpaired) electrons. The van der Waals surface area contributed by atoms with Gasteiger partial charge in [-0.3, -0.25) is 4.21 Å². The fourth-order valence-electron chi connectivity index (χ4n) is 1.54. The van der Waals surface area contributed by atoms with Crippen molar-refractivity contribution in [2.45, 2.75) is 10.6 Å². The summed E-state index contributed by atoms with van der Waals surface area (Å²) in [6.07, 6.45) is 0. The Labute approximate surface area is 125 Å². The van der Waals surface area contributed by atoms with Crippen LogP contribution >= 0.6 is 31.9 Å². The standard InChI is InChI=1S/C13H11Br2NOS/c14-10-6-5-9(7-12(10)16)8-18(17)13-4-2-1-3-11(13)15/h1-7H,8,16H2. The third-order valence-electron chi connectivity index (χ3n) is 2.44. The molecular formula is C13H11Br2NOS. The predicted molar refractivity (Wildman–Crippen MR) is 82.8 cm³/mol. The Morgan fingerprint density at radius 3 is 2.44 bits per heavy atom. The topological polar surface area (TPSA) is 43.1 Å². The minimum absolute atomic E-state index is 0.458. The maximum atomic E-state index is 12.3. The molecule has 94 valence electrons. The molecule has 0 fully saturated rings. The maximum absolute atomic E-state index is 12.3. The Balaban J connectivity index is 2.22. The summed E-state index contributed by atoms with van der Waals surface area (Å²) in [6.45, 7) is 0. The van der Waals surface area contributed by atoms with E-state index in [1.807, 2.05) is 42.5 Å². The summed E-state index contributed by atoms with van der Waals surface area (Å²) in [5.74, 6) is 0.458. The zero-order chi connectivity index (χ0) is 13.1. The monoisotopic (exact) mass is 387 g/mol. The van der Waals surface area contributed by atoms with Crippen LogP contribution in [-0.4, -0.2) is 4.21 Å². The molecule has 2 nitrogen and oxygen atoms in total. The molecule has 0 saturated heterocycles. The van der Waals surface area contributed by atoms with Gasteiger partial charge in [0.1, 0.15) is 0 Å². The fourth-order valence-corrected chi connectivity index (χ4v) is 3.77. The number of hydrogen-bond donors (Lipinski definition) is 1. The highest BCUT2D eigenvalue weighted by molar-refractivity contribution is 9.10. The zero-order valence-electron chi connectivity index (χ0n) is 9.40. The maximum Gasteiger partial charge on any atom is 0.0585 e. The first-order valence-corrected chi connectivity index (χ1v) is 8.15. The first-order chi connectivity index (χ1) is 8.58. The molecule has 0 spiro atoms. The van der Waals surface area contributed by atoms with Crippen LogP contribution in [0.5, 0.6) is 0 Å². The van der Waals surface area contributed by atoms with Crippen molar-refractivity contribution in [3.05, 3.63) is 57.0 Å². The first-order valence-electron chi connectivity index (χ1n) is 5.25. The van der Waals surface area contributed by atoms with Gasteiger partial charge in [0.25, 0.3) is 0 Å². The molecule has 0 aliphatic heterocycles. The SMILES string of the molecule is Nc1cc(CS(=O)c2ccccc2Br)ccc1Br. The fraction of sp³-hybridized carbons (Fsp3) is 0.0769. The summed E-state index contributed by atoms with van der Waals surface area (Å²) < 4.78 is 14.0. The molecule has 0 aromatic heterocycles. The van der Waals surface area contributed by atoms with Gasteiger partial charge in [-0.15, -0.1) is 0 Å². The lowest BCUT2D eigenvalue weighted by atomic mass is 10.2. The predicted octanol–water partition coefficient (Wildman–Crippen LogP) is 4.10. The van der Waals surface area contributed by atoms with E-state index in [-0.39, 0.29) is 0 Å². The molecular weight excluding hydrogens is 378 g/mol. The molecule has 0 amide bonds. The van der Waals surface area contributed by atoms with E-state index in [4.69, 9.17) is 5.73 Å². The number of rotatable bonds is 3. The van der Waals surface area contributed by atoms with E-state index in [1.165, 1.54) is 0 Å². The number of anilines is 1. The van der Waals surface area contributed by atoms with Crippen molar-refractivity contribution in [2.75, 3.05) is 5.73 Å². The minimum Gasteiger partial charge on any atom is -0.398 e. The van der Waals surface area contributed by atoms with Crippen molar-refractivity contribution in [1.82, 2.24) is 0 Å². The Hall–Kier alpha value is -0.650. The number of nitrogen functional groups attached to an aromatic ring is 1. The quantitative estimate of drug-likeness (QED) is 0.804. The minimum atomic E-state index is -1.08. The molecule has 0 aliphatic rings. The van der Waals surface area contributed by atoms with E-state index in [0.717, 1.165) is 19.4 Å². The summed E-state index contributed by atoms with van der Waals surface area (Å²) in [6, 6.07) is 13.2. The van der Waals surface area contributed by atoms with Gasteiger partial charge < -0.3 is 5.73 Å². The number of nitrogens with two attached hydrogens (primary N) is 1. The number of halogens is 2. The van der Waals surface area contributed by atoms with Gasteiger partial charge in [0.05, 0.1) is 21.4 Å². The van der Waals surface area contributed by atoms with E-state index < -0.39 is 10.8 Å². The van der Waals surface area contributed by atoms with Crippen LogP contribution in [0.4, 0.5) is 5.69 Å². The second-order valence-electron chi connectivity index (χ2n) is 3.78. The number of hydrogen-bond acceptors (Lipinski definition) is 2. The number of benzene rings is 2. The molecule has 2 aromatic carbocycles. The molecule has 5 heteroatoms. The lowest BCUT2D eigenvalue weighted by molar-refractivity contribution is 0.682. The van der Waals surface area contributed by atoms with E-state index in [0.29, 0.717) is 11.4 Å². The first kappa shape index (κ1) is 13.8. The highest BCUT2D eigenvalue weighted by atomic mass is 79.9. The highest BCUT2D eigenvalue weighted by Crippen LogP contribution is 2.24. The molecule has 2 aromatic rings. The van der Waals surface area contributed by atoms with E-state index in [1.54, 1.807) is 0 Å². The van der Waals surface area contributed by atoms with E-state index in [2.05, 4.69) is 31.9 Å². The molecule has 2 N–H and O–H groups in total. The highest BCUT2D eigenvalue weighted by Gasteiger charge is 2.09. The molecule has 0 heterocycles. The summed E-state index contributed by atoms with van der Waals surface area (Å²) in [5, 5.41) is 0. The van der Waals surface area contributed by atoms with Gasteiger partial charge in [-0.05, 0) is 61.7 Å². The summed E-state index contributed by atoms with van der Waals surface area (Å²) in [4.78, 5) is 0.805. The molecule has 0 bridgehead atoms. The molecule has 1 unspecified atom stereocenters. The average Bonchev–Trinajstić information content (AvgIpc) is 2.34. The Morgan fingerprint density at radius 1 is 1.06 bits per heavy atom. The van der Waals surface area contributed by atoms with Crippen LogP contribution in [0.3, 0.4) is 0 Å². The van der Waals surface area contributed by atoms with Crippen LogP contribution in [0.15, 0.2) is 56.3 Å². The van der Waals surface area contributed by atoms with Crippen molar-refractivity contribution in [3.63, 3.8) is 0 Å². The third kappa shape index (κ3) is 3.22.